The van der Waals surface area contributed by atoms with Crippen LogP contribution in [0.4, 0.5) is 0 Å². The Bertz CT molecular complexity index is 586. The van der Waals surface area contributed by atoms with Crippen molar-refractivity contribution in [2.24, 2.45) is 0 Å². The van der Waals surface area contributed by atoms with Crippen LogP contribution in [0.15, 0.2) is 24.3 Å². The Hall–Kier alpha value is -1.39. The van der Waals surface area contributed by atoms with E-state index < -0.39 is 0 Å². The second-order valence-electron chi connectivity index (χ2n) is 5.49. The van der Waals surface area contributed by atoms with Gasteiger partial charge in [-0.1, -0.05) is 18.2 Å². The first-order valence-electron chi connectivity index (χ1n) is 7.21. The van der Waals surface area contributed by atoms with Gasteiger partial charge in [-0.2, -0.15) is 5.10 Å². The SMILES string of the molecule is c1ccc2c3n(nc2c1)CCOC3CN1CCCC1. The zero-order chi connectivity index (χ0) is 12.7. The molecule has 0 aliphatic carbocycles. The summed E-state index contributed by atoms with van der Waals surface area (Å²) >= 11 is 0. The lowest BCUT2D eigenvalue weighted by molar-refractivity contribution is -0.000610. The van der Waals surface area contributed by atoms with Gasteiger partial charge in [0.2, 0.25) is 0 Å². The summed E-state index contributed by atoms with van der Waals surface area (Å²) in [5.41, 5.74) is 2.36. The van der Waals surface area contributed by atoms with Gasteiger partial charge < -0.3 is 9.64 Å². The van der Waals surface area contributed by atoms with Gasteiger partial charge in [0.1, 0.15) is 6.10 Å². The molecule has 0 radical (unpaired) electrons. The zero-order valence-electron chi connectivity index (χ0n) is 11.1. The fraction of sp³-hybridized carbons (Fsp3) is 0.533. The average Bonchev–Trinajstić information content (AvgIpc) is 3.05. The molecule has 0 N–H and O–H groups in total. The lowest BCUT2D eigenvalue weighted by Crippen LogP contribution is -2.32. The first-order chi connectivity index (χ1) is 9.42. The smallest absolute Gasteiger partial charge is 0.112 e. The molecular formula is C15H19N3O. The summed E-state index contributed by atoms with van der Waals surface area (Å²) in [6.07, 6.45) is 2.83. The number of hydrogen-bond donors (Lipinski definition) is 0. The van der Waals surface area contributed by atoms with Crippen LogP contribution in [-0.4, -0.2) is 40.9 Å². The largest absolute Gasteiger partial charge is 0.369 e. The third-order valence-corrected chi connectivity index (χ3v) is 4.24. The third kappa shape index (κ3) is 1.95. The average molecular weight is 257 g/mol. The summed E-state index contributed by atoms with van der Waals surface area (Å²) in [4.78, 5) is 2.52. The van der Waals surface area contributed by atoms with Crippen LogP contribution in [0.3, 0.4) is 0 Å². The maximum atomic E-state index is 6.03. The molecule has 2 aliphatic heterocycles. The number of fused-ring (bicyclic) bond motifs is 3. The van der Waals surface area contributed by atoms with E-state index in [-0.39, 0.29) is 6.10 Å². The number of aromatic nitrogens is 2. The zero-order valence-corrected chi connectivity index (χ0v) is 11.1. The predicted octanol–water partition coefficient (Wildman–Crippen LogP) is 2.20. The normalized spacial score (nSPS) is 23.9. The lowest BCUT2D eigenvalue weighted by Gasteiger charge is -2.28. The van der Waals surface area contributed by atoms with Crippen LogP contribution >= 0.6 is 0 Å². The molecule has 100 valence electrons. The standard InChI is InChI=1S/C15H19N3O/c1-2-6-13-12(5-1)15-14(11-17-7-3-4-8-17)19-10-9-18(15)16-13/h1-2,5-6,14H,3-4,7-11H2. The van der Waals surface area contributed by atoms with E-state index in [1.165, 1.54) is 37.0 Å². The molecule has 0 amide bonds. The van der Waals surface area contributed by atoms with Crippen molar-refractivity contribution in [1.29, 1.82) is 0 Å². The minimum atomic E-state index is 0.180. The van der Waals surface area contributed by atoms with Gasteiger partial charge in [0.15, 0.2) is 0 Å². The fourth-order valence-corrected chi connectivity index (χ4v) is 3.31. The topological polar surface area (TPSA) is 30.3 Å². The number of benzene rings is 1. The Kier molecular flexibility index (Phi) is 2.78. The van der Waals surface area contributed by atoms with E-state index in [2.05, 4.69) is 33.8 Å². The molecule has 3 heterocycles. The van der Waals surface area contributed by atoms with Crippen molar-refractivity contribution in [1.82, 2.24) is 14.7 Å². The predicted molar refractivity (Wildman–Crippen MR) is 74.1 cm³/mol. The highest BCUT2D eigenvalue weighted by atomic mass is 16.5. The molecule has 1 unspecified atom stereocenters. The molecule has 4 rings (SSSR count). The lowest BCUT2D eigenvalue weighted by atomic mass is 10.1. The molecule has 1 aromatic heterocycles. The van der Waals surface area contributed by atoms with E-state index in [0.29, 0.717) is 0 Å². The van der Waals surface area contributed by atoms with Crippen LogP contribution in [0.2, 0.25) is 0 Å². The molecule has 2 aliphatic rings. The summed E-state index contributed by atoms with van der Waals surface area (Å²) in [7, 11) is 0. The Labute approximate surface area is 113 Å². The van der Waals surface area contributed by atoms with E-state index in [4.69, 9.17) is 9.84 Å². The molecule has 19 heavy (non-hydrogen) atoms. The molecule has 0 bridgehead atoms. The quantitative estimate of drug-likeness (QED) is 0.826. The van der Waals surface area contributed by atoms with Crippen molar-refractivity contribution in [3.63, 3.8) is 0 Å². The van der Waals surface area contributed by atoms with Crippen LogP contribution in [-0.2, 0) is 11.3 Å². The molecule has 2 aromatic rings. The highest BCUT2D eigenvalue weighted by Gasteiger charge is 2.27. The molecule has 0 spiro atoms. The minimum absolute atomic E-state index is 0.180. The van der Waals surface area contributed by atoms with Gasteiger partial charge in [0.05, 0.1) is 24.4 Å². The van der Waals surface area contributed by atoms with Gasteiger partial charge in [-0.15, -0.1) is 0 Å². The number of nitrogens with zero attached hydrogens (tertiary/aromatic N) is 3. The van der Waals surface area contributed by atoms with Gasteiger partial charge in [-0.05, 0) is 32.0 Å². The van der Waals surface area contributed by atoms with Gasteiger partial charge in [0, 0.05) is 11.9 Å². The molecule has 4 nitrogen and oxygen atoms in total. The van der Waals surface area contributed by atoms with Crippen LogP contribution in [0, 0.1) is 0 Å². The van der Waals surface area contributed by atoms with E-state index in [9.17, 15) is 0 Å². The van der Waals surface area contributed by atoms with Crippen LogP contribution in [0.25, 0.3) is 10.9 Å². The van der Waals surface area contributed by atoms with Gasteiger partial charge in [-0.25, -0.2) is 0 Å². The Morgan fingerprint density at radius 1 is 1.16 bits per heavy atom. The first-order valence-corrected chi connectivity index (χ1v) is 7.21. The molecule has 1 fully saturated rings. The van der Waals surface area contributed by atoms with Crippen LogP contribution in [0.1, 0.15) is 24.6 Å². The fourth-order valence-electron chi connectivity index (χ4n) is 3.31. The van der Waals surface area contributed by atoms with Crippen LogP contribution in [0.5, 0.6) is 0 Å². The maximum absolute atomic E-state index is 6.03. The Morgan fingerprint density at radius 2 is 2.00 bits per heavy atom. The molecule has 0 saturated carbocycles. The van der Waals surface area contributed by atoms with E-state index in [0.717, 1.165) is 25.2 Å². The molecule has 1 saturated heterocycles. The van der Waals surface area contributed by atoms with E-state index in [1.54, 1.807) is 0 Å². The Morgan fingerprint density at radius 3 is 2.89 bits per heavy atom. The second-order valence-corrected chi connectivity index (χ2v) is 5.49. The van der Waals surface area contributed by atoms with E-state index >= 15 is 0 Å². The highest BCUT2D eigenvalue weighted by molar-refractivity contribution is 5.82. The van der Waals surface area contributed by atoms with Gasteiger partial charge in [-0.3, -0.25) is 4.68 Å². The number of likely N-dealkylation sites (tertiary alicyclic amines) is 1. The number of hydrogen-bond acceptors (Lipinski definition) is 3. The molecule has 1 atom stereocenters. The monoisotopic (exact) mass is 257 g/mol. The minimum Gasteiger partial charge on any atom is -0.369 e. The summed E-state index contributed by atoms with van der Waals surface area (Å²) in [6, 6.07) is 8.40. The van der Waals surface area contributed by atoms with Crippen molar-refractivity contribution in [3.05, 3.63) is 30.0 Å². The summed E-state index contributed by atoms with van der Waals surface area (Å²) in [5, 5.41) is 5.95. The molecule has 1 aromatic carbocycles. The van der Waals surface area contributed by atoms with Crippen molar-refractivity contribution in [2.75, 3.05) is 26.2 Å². The maximum Gasteiger partial charge on any atom is 0.112 e. The van der Waals surface area contributed by atoms with Crippen molar-refractivity contribution in [3.8, 4) is 0 Å². The Balaban J connectivity index is 1.71. The van der Waals surface area contributed by atoms with Crippen molar-refractivity contribution < 1.29 is 4.74 Å². The summed E-state index contributed by atoms with van der Waals surface area (Å²) < 4.78 is 8.18. The summed E-state index contributed by atoms with van der Waals surface area (Å²) in [6.45, 7) is 5.09. The van der Waals surface area contributed by atoms with Crippen LogP contribution < -0.4 is 0 Å². The highest BCUT2D eigenvalue weighted by Crippen LogP contribution is 2.30. The number of ether oxygens (including phenoxy) is 1. The first kappa shape index (κ1) is 11.4. The van der Waals surface area contributed by atoms with Crippen molar-refractivity contribution in [2.45, 2.75) is 25.5 Å². The van der Waals surface area contributed by atoms with Crippen molar-refractivity contribution >= 4 is 10.9 Å². The second kappa shape index (κ2) is 4.62. The van der Waals surface area contributed by atoms with Gasteiger partial charge >= 0.3 is 0 Å². The summed E-state index contributed by atoms with van der Waals surface area (Å²) in [5.74, 6) is 0. The number of rotatable bonds is 2. The molecule has 4 heteroatoms. The third-order valence-electron chi connectivity index (χ3n) is 4.24. The van der Waals surface area contributed by atoms with E-state index in [1.807, 2.05) is 0 Å². The van der Waals surface area contributed by atoms with Gasteiger partial charge in [0.25, 0.3) is 0 Å². The molecular weight excluding hydrogens is 238 g/mol.